The van der Waals surface area contributed by atoms with Crippen LogP contribution in [0, 0.1) is 10.8 Å². The Balaban J connectivity index is 2.40. The summed E-state index contributed by atoms with van der Waals surface area (Å²) in [6.45, 7) is 5.79. The first-order valence-electron chi connectivity index (χ1n) is 5.89. The number of rotatable bonds is 2. The molecular formula is C12H20N2O3. The number of hydrogen-bond donors (Lipinski definition) is 1. The number of nitrogens with zero attached hydrogens (tertiary/aromatic N) is 1. The van der Waals surface area contributed by atoms with Crippen LogP contribution < -0.4 is 5.43 Å². The molecule has 1 N–H and O–H groups in total. The topological polar surface area (TPSA) is 58.6 Å². The standard InChI is InChI=1S/C12H20N2O3/c1-10(2)11(3)6-7-12(10,17-9(11)16)8(15)13-14(4)5/h6-7H2,1-5H3,(H,13,15)/t11-,12+/m1/s1. The molecule has 1 amide bonds. The molecule has 0 aromatic carbocycles. The van der Waals surface area contributed by atoms with Crippen molar-refractivity contribution in [2.75, 3.05) is 14.1 Å². The molecule has 1 heterocycles. The van der Waals surface area contributed by atoms with E-state index in [9.17, 15) is 9.59 Å². The highest BCUT2D eigenvalue weighted by Gasteiger charge is 2.75. The first-order valence-corrected chi connectivity index (χ1v) is 5.89. The minimum Gasteiger partial charge on any atom is -0.448 e. The molecule has 1 aliphatic heterocycles. The van der Waals surface area contributed by atoms with E-state index in [4.69, 9.17) is 4.74 Å². The van der Waals surface area contributed by atoms with Crippen LogP contribution >= 0.6 is 0 Å². The van der Waals surface area contributed by atoms with Gasteiger partial charge in [-0.25, -0.2) is 5.01 Å². The molecule has 2 rings (SSSR count). The predicted molar refractivity (Wildman–Crippen MR) is 61.8 cm³/mol. The number of carbonyl (C=O) groups is 2. The van der Waals surface area contributed by atoms with Crippen LogP contribution in [0.2, 0.25) is 0 Å². The quantitative estimate of drug-likeness (QED) is 0.570. The molecule has 2 fully saturated rings. The summed E-state index contributed by atoms with van der Waals surface area (Å²) in [5, 5.41) is 1.58. The van der Waals surface area contributed by atoms with E-state index in [0.29, 0.717) is 12.8 Å². The molecule has 2 aliphatic rings. The van der Waals surface area contributed by atoms with Crippen molar-refractivity contribution in [3.05, 3.63) is 0 Å². The van der Waals surface area contributed by atoms with Crippen LogP contribution in [0.3, 0.4) is 0 Å². The number of hydrazine groups is 1. The Morgan fingerprint density at radius 3 is 2.24 bits per heavy atom. The summed E-state index contributed by atoms with van der Waals surface area (Å²) < 4.78 is 5.45. The number of carbonyl (C=O) groups excluding carboxylic acids is 2. The molecule has 0 unspecified atom stereocenters. The largest absolute Gasteiger partial charge is 0.448 e. The van der Waals surface area contributed by atoms with Gasteiger partial charge in [-0.2, -0.15) is 0 Å². The van der Waals surface area contributed by atoms with Crippen LogP contribution in [0.25, 0.3) is 0 Å². The van der Waals surface area contributed by atoms with E-state index in [-0.39, 0.29) is 11.9 Å². The molecule has 17 heavy (non-hydrogen) atoms. The Morgan fingerprint density at radius 1 is 1.29 bits per heavy atom. The summed E-state index contributed by atoms with van der Waals surface area (Å²) in [4.78, 5) is 24.3. The maximum Gasteiger partial charge on any atom is 0.313 e. The van der Waals surface area contributed by atoms with E-state index in [2.05, 4.69) is 5.43 Å². The van der Waals surface area contributed by atoms with Crippen molar-refractivity contribution in [2.45, 2.75) is 39.2 Å². The number of hydrogen-bond acceptors (Lipinski definition) is 4. The van der Waals surface area contributed by atoms with Crippen molar-refractivity contribution in [3.63, 3.8) is 0 Å². The average Bonchev–Trinajstić information content (AvgIpc) is 2.47. The van der Waals surface area contributed by atoms with Crippen molar-refractivity contribution in [1.82, 2.24) is 10.4 Å². The van der Waals surface area contributed by atoms with Gasteiger partial charge in [-0.15, -0.1) is 0 Å². The second kappa shape index (κ2) is 3.22. The fourth-order valence-corrected chi connectivity index (χ4v) is 3.04. The van der Waals surface area contributed by atoms with Gasteiger partial charge >= 0.3 is 5.97 Å². The number of esters is 1. The lowest BCUT2D eigenvalue weighted by Gasteiger charge is -2.35. The lowest BCUT2D eigenvalue weighted by Crippen LogP contribution is -2.56. The minimum absolute atomic E-state index is 0.220. The van der Waals surface area contributed by atoms with Crippen molar-refractivity contribution in [1.29, 1.82) is 0 Å². The van der Waals surface area contributed by atoms with E-state index in [1.165, 1.54) is 0 Å². The summed E-state index contributed by atoms with van der Waals surface area (Å²) in [6.07, 6.45) is 1.31. The van der Waals surface area contributed by atoms with Crippen molar-refractivity contribution >= 4 is 11.9 Å². The van der Waals surface area contributed by atoms with Crippen LogP contribution in [-0.4, -0.2) is 36.6 Å². The zero-order chi connectivity index (χ0) is 13.1. The first kappa shape index (κ1) is 12.4. The number of ether oxygens (including phenoxy) is 1. The van der Waals surface area contributed by atoms with Gasteiger partial charge < -0.3 is 4.74 Å². The van der Waals surface area contributed by atoms with Crippen molar-refractivity contribution in [3.8, 4) is 0 Å². The van der Waals surface area contributed by atoms with Gasteiger partial charge in [0, 0.05) is 19.5 Å². The molecule has 0 radical (unpaired) electrons. The number of amides is 1. The average molecular weight is 240 g/mol. The highest BCUT2D eigenvalue weighted by atomic mass is 16.6. The third-order valence-electron chi connectivity index (χ3n) is 4.78. The lowest BCUT2D eigenvalue weighted by molar-refractivity contribution is -0.170. The first-order chi connectivity index (χ1) is 7.67. The van der Waals surface area contributed by atoms with Crippen molar-refractivity contribution < 1.29 is 14.3 Å². The van der Waals surface area contributed by atoms with Gasteiger partial charge in [0.25, 0.3) is 5.91 Å². The van der Waals surface area contributed by atoms with E-state index < -0.39 is 16.4 Å². The van der Waals surface area contributed by atoms with Gasteiger partial charge in [-0.3, -0.25) is 15.0 Å². The maximum absolute atomic E-state index is 12.3. The second-order valence-electron chi connectivity index (χ2n) is 6.01. The zero-order valence-electron chi connectivity index (χ0n) is 11.1. The van der Waals surface area contributed by atoms with Crippen LogP contribution in [0.15, 0.2) is 0 Å². The zero-order valence-corrected chi connectivity index (χ0v) is 11.1. The predicted octanol–water partition coefficient (Wildman–Crippen LogP) is 0.701. The van der Waals surface area contributed by atoms with Crippen LogP contribution in [0.1, 0.15) is 33.6 Å². The second-order valence-corrected chi connectivity index (χ2v) is 6.01. The van der Waals surface area contributed by atoms with Gasteiger partial charge in [0.15, 0.2) is 5.60 Å². The molecule has 1 saturated carbocycles. The van der Waals surface area contributed by atoms with Gasteiger partial charge in [0.1, 0.15) is 0 Å². The summed E-state index contributed by atoms with van der Waals surface area (Å²) in [7, 11) is 3.49. The van der Waals surface area contributed by atoms with Crippen LogP contribution in [-0.2, 0) is 14.3 Å². The van der Waals surface area contributed by atoms with E-state index in [0.717, 1.165) is 0 Å². The maximum atomic E-state index is 12.3. The Hall–Kier alpha value is -1.10. The SMILES string of the molecule is CN(C)NC(=O)[C@]12CC[C@](C)(C(=O)O1)C2(C)C. The molecule has 5 heteroatoms. The summed E-state index contributed by atoms with van der Waals surface area (Å²) >= 11 is 0. The van der Waals surface area contributed by atoms with E-state index in [1.54, 1.807) is 19.1 Å². The minimum atomic E-state index is -1.01. The molecule has 0 aromatic heterocycles. The van der Waals surface area contributed by atoms with Crippen LogP contribution in [0.4, 0.5) is 0 Å². The van der Waals surface area contributed by atoms with Gasteiger partial charge in [0.2, 0.25) is 0 Å². The third kappa shape index (κ3) is 1.23. The van der Waals surface area contributed by atoms with Gasteiger partial charge in [-0.1, -0.05) is 13.8 Å². The van der Waals surface area contributed by atoms with Crippen molar-refractivity contribution in [2.24, 2.45) is 10.8 Å². The molecule has 0 spiro atoms. The molecule has 1 aliphatic carbocycles. The molecule has 5 nitrogen and oxygen atoms in total. The normalized spacial score (nSPS) is 38.4. The van der Waals surface area contributed by atoms with Crippen LogP contribution in [0.5, 0.6) is 0 Å². The van der Waals surface area contributed by atoms with Gasteiger partial charge in [-0.05, 0) is 19.8 Å². The molecule has 1 saturated heterocycles. The van der Waals surface area contributed by atoms with E-state index >= 15 is 0 Å². The Bertz CT molecular complexity index is 391. The molecular weight excluding hydrogens is 220 g/mol. The summed E-state index contributed by atoms with van der Waals surface area (Å²) in [5.74, 6) is -0.468. The fourth-order valence-electron chi connectivity index (χ4n) is 3.04. The Kier molecular flexibility index (Phi) is 2.34. The highest BCUT2D eigenvalue weighted by molar-refractivity contribution is 5.95. The molecule has 0 aromatic rings. The Morgan fingerprint density at radius 2 is 1.88 bits per heavy atom. The van der Waals surface area contributed by atoms with E-state index in [1.807, 2.05) is 20.8 Å². The number of fused-ring (bicyclic) bond motifs is 2. The Labute approximate surface area is 101 Å². The molecule has 2 atom stereocenters. The van der Waals surface area contributed by atoms with Gasteiger partial charge in [0.05, 0.1) is 5.41 Å². The third-order valence-corrected chi connectivity index (χ3v) is 4.78. The summed E-state index contributed by atoms with van der Waals surface area (Å²) in [6, 6.07) is 0. The number of nitrogens with one attached hydrogen (secondary N) is 1. The monoisotopic (exact) mass is 240 g/mol. The lowest BCUT2D eigenvalue weighted by atomic mass is 9.66. The molecule has 2 bridgehead atoms. The molecule has 96 valence electrons. The smallest absolute Gasteiger partial charge is 0.313 e. The fraction of sp³-hybridized carbons (Fsp3) is 0.833. The summed E-state index contributed by atoms with van der Waals surface area (Å²) in [5.41, 5.74) is 0.683. The highest BCUT2D eigenvalue weighted by Crippen LogP contribution is 2.65.